The SMILES string of the molecule is COc1ccc2c(c1)sc(=NC(=O)CSCC(=O)N1CCC(C)CC1)n2C. The number of nitrogens with zero attached hydrogens (tertiary/aromatic N) is 3. The maximum atomic E-state index is 12.2. The minimum atomic E-state index is -0.214. The predicted octanol–water partition coefficient (Wildman–Crippen LogP) is 2.67. The first kappa shape index (κ1) is 19.9. The monoisotopic (exact) mass is 407 g/mol. The van der Waals surface area contributed by atoms with Gasteiger partial charge in [-0.3, -0.25) is 9.59 Å². The van der Waals surface area contributed by atoms with Crippen LogP contribution in [0.25, 0.3) is 10.2 Å². The van der Waals surface area contributed by atoms with Crippen molar-refractivity contribution in [3.8, 4) is 5.75 Å². The molecule has 1 saturated heterocycles. The van der Waals surface area contributed by atoms with Crippen molar-refractivity contribution in [1.82, 2.24) is 9.47 Å². The molecule has 27 heavy (non-hydrogen) atoms. The number of methoxy groups -OCH3 is 1. The van der Waals surface area contributed by atoms with Crippen LogP contribution in [0.3, 0.4) is 0 Å². The highest BCUT2D eigenvalue weighted by Crippen LogP contribution is 2.22. The van der Waals surface area contributed by atoms with Crippen molar-refractivity contribution in [2.75, 3.05) is 31.7 Å². The summed E-state index contributed by atoms with van der Waals surface area (Å²) in [6.45, 7) is 3.89. The first-order valence-corrected chi connectivity index (χ1v) is 11.0. The molecule has 146 valence electrons. The number of aromatic nitrogens is 1. The average Bonchev–Trinajstić information content (AvgIpc) is 2.97. The number of likely N-dealkylation sites (tertiary alicyclic amines) is 1. The van der Waals surface area contributed by atoms with Crippen LogP contribution < -0.4 is 9.54 Å². The predicted molar refractivity (Wildman–Crippen MR) is 110 cm³/mol. The molecular formula is C19H25N3O3S2. The normalized spacial score (nSPS) is 16.1. The van der Waals surface area contributed by atoms with Gasteiger partial charge in [-0.25, -0.2) is 0 Å². The lowest BCUT2D eigenvalue weighted by molar-refractivity contribution is -0.129. The van der Waals surface area contributed by atoms with Crippen molar-refractivity contribution < 1.29 is 14.3 Å². The quantitative estimate of drug-likeness (QED) is 0.764. The number of aryl methyl sites for hydroxylation is 1. The summed E-state index contributed by atoms with van der Waals surface area (Å²) in [5, 5.41) is 0. The summed E-state index contributed by atoms with van der Waals surface area (Å²) in [5.74, 6) is 1.94. The molecular weight excluding hydrogens is 382 g/mol. The Kier molecular flexibility index (Phi) is 6.59. The molecule has 0 N–H and O–H groups in total. The number of thiazole rings is 1. The fourth-order valence-electron chi connectivity index (χ4n) is 3.06. The lowest BCUT2D eigenvalue weighted by Gasteiger charge is -2.30. The lowest BCUT2D eigenvalue weighted by atomic mass is 9.99. The molecule has 0 atom stereocenters. The van der Waals surface area contributed by atoms with E-state index in [0.717, 1.165) is 41.9 Å². The molecule has 2 heterocycles. The van der Waals surface area contributed by atoms with Gasteiger partial charge in [0.1, 0.15) is 5.75 Å². The number of hydrogen-bond donors (Lipinski definition) is 0. The number of thioether (sulfide) groups is 1. The van der Waals surface area contributed by atoms with Crippen LogP contribution in [0, 0.1) is 5.92 Å². The van der Waals surface area contributed by atoms with Crippen molar-refractivity contribution in [3.63, 3.8) is 0 Å². The Morgan fingerprint density at radius 3 is 2.74 bits per heavy atom. The Labute approximate surface area is 167 Å². The summed E-state index contributed by atoms with van der Waals surface area (Å²) in [4.78, 5) is 31.2. The molecule has 1 aliphatic rings. The maximum Gasteiger partial charge on any atom is 0.258 e. The smallest absolute Gasteiger partial charge is 0.258 e. The zero-order chi connectivity index (χ0) is 19.4. The molecule has 0 spiro atoms. The standard InChI is InChI=1S/C19H25N3O3S2/c1-13-6-8-22(9-7-13)18(24)12-26-11-17(23)20-19-21(2)15-5-4-14(25-3)10-16(15)27-19/h4-5,10,13H,6-9,11-12H2,1-3H3. The van der Waals surface area contributed by atoms with Crippen molar-refractivity contribution in [2.24, 2.45) is 18.0 Å². The second-order valence-electron chi connectivity index (χ2n) is 6.84. The van der Waals surface area contributed by atoms with Crippen LogP contribution in [0.5, 0.6) is 5.75 Å². The Balaban J connectivity index is 1.58. The molecule has 0 saturated carbocycles. The maximum absolute atomic E-state index is 12.2. The van der Waals surface area contributed by atoms with E-state index in [4.69, 9.17) is 4.74 Å². The van der Waals surface area contributed by atoms with Crippen molar-refractivity contribution in [3.05, 3.63) is 23.0 Å². The first-order chi connectivity index (χ1) is 13.0. The highest BCUT2D eigenvalue weighted by Gasteiger charge is 2.20. The minimum absolute atomic E-state index is 0.124. The van der Waals surface area contributed by atoms with Crippen molar-refractivity contribution in [1.29, 1.82) is 0 Å². The van der Waals surface area contributed by atoms with Gasteiger partial charge in [0, 0.05) is 20.1 Å². The highest BCUT2D eigenvalue weighted by molar-refractivity contribution is 8.00. The number of fused-ring (bicyclic) bond motifs is 1. The topological polar surface area (TPSA) is 63.9 Å². The van der Waals surface area contributed by atoms with E-state index in [1.165, 1.54) is 23.1 Å². The van der Waals surface area contributed by atoms with E-state index in [0.29, 0.717) is 16.5 Å². The molecule has 0 bridgehead atoms. The molecule has 2 aromatic rings. The molecule has 0 unspecified atom stereocenters. The summed E-state index contributed by atoms with van der Waals surface area (Å²) in [6, 6.07) is 5.79. The molecule has 6 nitrogen and oxygen atoms in total. The largest absolute Gasteiger partial charge is 0.497 e. The van der Waals surface area contributed by atoms with Gasteiger partial charge in [-0.15, -0.1) is 11.8 Å². The van der Waals surface area contributed by atoms with Gasteiger partial charge in [0.25, 0.3) is 5.91 Å². The summed E-state index contributed by atoms with van der Waals surface area (Å²) in [6.07, 6.45) is 2.13. The average molecular weight is 408 g/mol. The van der Waals surface area contributed by atoms with Crippen LogP contribution in [0.1, 0.15) is 19.8 Å². The van der Waals surface area contributed by atoms with E-state index in [-0.39, 0.29) is 17.6 Å². The van der Waals surface area contributed by atoms with E-state index >= 15 is 0 Å². The van der Waals surface area contributed by atoms with Crippen molar-refractivity contribution in [2.45, 2.75) is 19.8 Å². The number of hydrogen-bond acceptors (Lipinski definition) is 5. The third-order valence-corrected chi connectivity index (χ3v) is 6.82. The fraction of sp³-hybridized carbons (Fsp3) is 0.526. The van der Waals surface area contributed by atoms with Gasteiger partial charge in [0.2, 0.25) is 5.91 Å². The van der Waals surface area contributed by atoms with E-state index in [1.807, 2.05) is 34.7 Å². The zero-order valence-corrected chi connectivity index (χ0v) is 17.6. The summed E-state index contributed by atoms with van der Waals surface area (Å²) in [7, 11) is 3.53. The molecule has 1 aliphatic heterocycles. The molecule has 1 aromatic heterocycles. The number of rotatable bonds is 5. The molecule has 2 amide bonds. The number of amides is 2. The first-order valence-electron chi connectivity index (χ1n) is 9.04. The second kappa shape index (κ2) is 8.93. The third kappa shape index (κ3) is 4.93. The number of benzene rings is 1. The Hall–Kier alpha value is -1.80. The lowest BCUT2D eigenvalue weighted by Crippen LogP contribution is -2.39. The van der Waals surface area contributed by atoms with E-state index in [2.05, 4.69) is 11.9 Å². The van der Waals surface area contributed by atoms with Gasteiger partial charge < -0.3 is 14.2 Å². The van der Waals surface area contributed by atoms with Crippen LogP contribution in [-0.4, -0.2) is 53.0 Å². The van der Waals surface area contributed by atoms with Crippen LogP contribution >= 0.6 is 23.1 Å². The van der Waals surface area contributed by atoms with Gasteiger partial charge in [0.05, 0.1) is 28.8 Å². The zero-order valence-electron chi connectivity index (χ0n) is 15.9. The van der Waals surface area contributed by atoms with Crippen LogP contribution in [0.2, 0.25) is 0 Å². The van der Waals surface area contributed by atoms with Crippen LogP contribution in [-0.2, 0) is 16.6 Å². The number of ether oxygens (including phenoxy) is 1. The van der Waals surface area contributed by atoms with Gasteiger partial charge in [-0.1, -0.05) is 18.3 Å². The van der Waals surface area contributed by atoms with E-state index < -0.39 is 0 Å². The van der Waals surface area contributed by atoms with Crippen LogP contribution in [0.4, 0.5) is 0 Å². The number of carbonyl (C=O) groups is 2. The molecule has 0 radical (unpaired) electrons. The van der Waals surface area contributed by atoms with Gasteiger partial charge in [-0.2, -0.15) is 4.99 Å². The van der Waals surface area contributed by atoms with Gasteiger partial charge >= 0.3 is 0 Å². The van der Waals surface area contributed by atoms with Gasteiger partial charge in [-0.05, 0) is 37.0 Å². The molecule has 1 fully saturated rings. The molecule has 8 heteroatoms. The van der Waals surface area contributed by atoms with Crippen LogP contribution in [0.15, 0.2) is 23.2 Å². The second-order valence-corrected chi connectivity index (χ2v) is 8.83. The Bertz CT molecular complexity index is 895. The number of carbonyl (C=O) groups excluding carboxylic acids is 2. The molecule has 3 rings (SSSR count). The van der Waals surface area contributed by atoms with Crippen molar-refractivity contribution >= 4 is 45.1 Å². The third-order valence-electron chi connectivity index (χ3n) is 4.82. The summed E-state index contributed by atoms with van der Waals surface area (Å²) < 4.78 is 8.17. The fourth-order valence-corrected chi connectivity index (χ4v) is 4.82. The minimum Gasteiger partial charge on any atom is -0.497 e. The Morgan fingerprint density at radius 2 is 2.04 bits per heavy atom. The van der Waals surface area contributed by atoms with E-state index in [1.54, 1.807) is 7.11 Å². The van der Waals surface area contributed by atoms with E-state index in [9.17, 15) is 9.59 Å². The summed E-state index contributed by atoms with van der Waals surface area (Å²) >= 11 is 2.80. The molecule has 0 aliphatic carbocycles. The highest BCUT2D eigenvalue weighted by atomic mass is 32.2. The Morgan fingerprint density at radius 1 is 1.30 bits per heavy atom. The summed E-state index contributed by atoms with van der Waals surface area (Å²) in [5.41, 5.74) is 1.01. The molecule has 1 aromatic carbocycles. The number of piperidine rings is 1. The van der Waals surface area contributed by atoms with Gasteiger partial charge in [0.15, 0.2) is 4.80 Å².